The Hall–Kier alpha value is -1.75. The van der Waals surface area contributed by atoms with E-state index in [9.17, 15) is 4.21 Å². The van der Waals surface area contributed by atoms with Gasteiger partial charge < -0.3 is 9.73 Å². The van der Waals surface area contributed by atoms with Crippen molar-refractivity contribution in [2.24, 2.45) is 0 Å². The van der Waals surface area contributed by atoms with Gasteiger partial charge in [-0.2, -0.15) is 0 Å². The van der Waals surface area contributed by atoms with Crippen molar-refractivity contribution < 1.29 is 8.63 Å². The first-order valence-corrected chi connectivity index (χ1v) is 10.2. The van der Waals surface area contributed by atoms with Crippen LogP contribution in [-0.2, 0) is 23.1 Å². The van der Waals surface area contributed by atoms with Crippen LogP contribution in [0.5, 0.6) is 0 Å². The molecule has 0 spiro atoms. The highest BCUT2D eigenvalue weighted by atomic mass is 35.5. The van der Waals surface area contributed by atoms with Crippen LogP contribution >= 0.6 is 23.2 Å². The van der Waals surface area contributed by atoms with Gasteiger partial charge in [0.2, 0.25) is 0 Å². The summed E-state index contributed by atoms with van der Waals surface area (Å²) in [6, 6.07) is 17.2. The summed E-state index contributed by atoms with van der Waals surface area (Å²) in [7, 11) is -0.853. The van der Waals surface area contributed by atoms with Gasteiger partial charge in [0.05, 0.1) is 16.6 Å². The van der Waals surface area contributed by atoms with Crippen molar-refractivity contribution in [2.45, 2.75) is 12.3 Å². The fourth-order valence-corrected chi connectivity index (χ4v) is 3.42. The van der Waals surface area contributed by atoms with Crippen molar-refractivity contribution >= 4 is 39.7 Å². The van der Waals surface area contributed by atoms with Gasteiger partial charge in [-0.1, -0.05) is 35.3 Å². The summed E-state index contributed by atoms with van der Waals surface area (Å²) in [5, 5.41) is 4.34. The molecule has 0 unspecified atom stereocenters. The van der Waals surface area contributed by atoms with E-state index >= 15 is 0 Å². The molecule has 0 aliphatic heterocycles. The van der Waals surface area contributed by atoms with Gasteiger partial charge in [0.1, 0.15) is 11.5 Å². The van der Waals surface area contributed by atoms with E-state index in [1.165, 1.54) is 0 Å². The van der Waals surface area contributed by atoms with E-state index in [4.69, 9.17) is 27.6 Å². The molecule has 0 fully saturated rings. The topological polar surface area (TPSA) is 42.2 Å². The second-order valence-corrected chi connectivity index (χ2v) is 7.92. The quantitative estimate of drug-likeness (QED) is 0.579. The highest BCUT2D eigenvalue weighted by Crippen LogP contribution is 2.29. The zero-order valence-corrected chi connectivity index (χ0v) is 15.9. The molecule has 3 rings (SSSR count). The van der Waals surface area contributed by atoms with Crippen molar-refractivity contribution in [3.63, 3.8) is 0 Å². The Morgan fingerprint density at radius 1 is 1.04 bits per heavy atom. The van der Waals surface area contributed by atoms with Gasteiger partial charge in [0.25, 0.3) is 0 Å². The van der Waals surface area contributed by atoms with Crippen LogP contribution in [0, 0.1) is 0 Å². The van der Waals surface area contributed by atoms with Gasteiger partial charge in [-0.3, -0.25) is 4.21 Å². The van der Waals surface area contributed by atoms with Crippen molar-refractivity contribution in [1.29, 1.82) is 0 Å². The summed E-state index contributed by atoms with van der Waals surface area (Å²) in [4.78, 5) is 0. The van der Waals surface area contributed by atoms with Crippen LogP contribution in [0.3, 0.4) is 0 Å². The molecule has 0 amide bonds. The Morgan fingerprint density at radius 3 is 2.64 bits per heavy atom. The third-order valence-corrected chi connectivity index (χ3v) is 5.11. The number of nitrogens with one attached hydrogen (secondary N) is 1. The third kappa shape index (κ3) is 4.88. The highest BCUT2D eigenvalue weighted by molar-refractivity contribution is 7.83. The fourth-order valence-electron chi connectivity index (χ4n) is 2.47. The Kier molecular flexibility index (Phi) is 5.84. The van der Waals surface area contributed by atoms with Crippen molar-refractivity contribution in [2.75, 3.05) is 11.6 Å². The number of furan rings is 1. The van der Waals surface area contributed by atoms with E-state index in [-0.39, 0.29) is 0 Å². The lowest BCUT2D eigenvalue weighted by Gasteiger charge is -2.07. The zero-order chi connectivity index (χ0) is 17.8. The van der Waals surface area contributed by atoms with Gasteiger partial charge in [0, 0.05) is 34.1 Å². The number of anilines is 1. The molecule has 1 N–H and O–H groups in total. The SMILES string of the molecule is C[S@](=O)Cc1cccc(NCc2ccc(-c3ccc(Cl)c(Cl)c3)o2)c1. The molecule has 0 saturated carbocycles. The average Bonchev–Trinajstić information content (AvgIpc) is 3.04. The van der Waals surface area contributed by atoms with Crippen LogP contribution in [-0.4, -0.2) is 10.5 Å². The molecule has 1 heterocycles. The Morgan fingerprint density at radius 2 is 1.88 bits per heavy atom. The van der Waals surface area contributed by atoms with E-state index in [0.29, 0.717) is 22.3 Å². The maximum Gasteiger partial charge on any atom is 0.134 e. The van der Waals surface area contributed by atoms with Crippen LogP contribution < -0.4 is 5.32 Å². The van der Waals surface area contributed by atoms with Crippen molar-refractivity contribution in [3.05, 3.63) is 76.0 Å². The van der Waals surface area contributed by atoms with Gasteiger partial charge in [-0.15, -0.1) is 0 Å². The van der Waals surface area contributed by atoms with Crippen LogP contribution in [0.1, 0.15) is 11.3 Å². The lowest BCUT2D eigenvalue weighted by Crippen LogP contribution is -1.99. The second-order valence-electron chi connectivity index (χ2n) is 5.67. The monoisotopic (exact) mass is 393 g/mol. The summed E-state index contributed by atoms with van der Waals surface area (Å²) in [6.07, 6.45) is 1.70. The molecule has 2 aromatic carbocycles. The first-order valence-electron chi connectivity index (χ1n) is 7.68. The predicted molar refractivity (Wildman–Crippen MR) is 106 cm³/mol. The number of rotatable bonds is 6. The summed E-state index contributed by atoms with van der Waals surface area (Å²) in [5.74, 6) is 2.11. The summed E-state index contributed by atoms with van der Waals surface area (Å²) >= 11 is 12.0. The molecular formula is C19H17Cl2NO2S. The van der Waals surface area contributed by atoms with Gasteiger partial charge in [-0.25, -0.2) is 0 Å². The normalized spacial score (nSPS) is 12.1. The summed E-state index contributed by atoms with van der Waals surface area (Å²) < 4.78 is 17.2. The highest BCUT2D eigenvalue weighted by Gasteiger charge is 2.07. The molecular weight excluding hydrogens is 377 g/mol. The minimum absolute atomic E-state index is 0.500. The lowest BCUT2D eigenvalue weighted by atomic mass is 10.2. The zero-order valence-electron chi connectivity index (χ0n) is 13.6. The molecule has 0 saturated heterocycles. The molecule has 130 valence electrons. The van der Waals surface area contributed by atoms with Gasteiger partial charge in [-0.05, 0) is 48.0 Å². The largest absolute Gasteiger partial charge is 0.459 e. The van der Waals surface area contributed by atoms with E-state index in [1.807, 2.05) is 42.5 Å². The van der Waals surface area contributed by atoms with E-state index in [0.717, 1.165) is 28.3 Å². The van der Waals surface area contributed by atoms with Crippen LogP contribution in [0.4, 0.5) is 5.69 Å². The fraction of sp³-hybridized carbons (Fsp3) is 0.158. The maximum absolute atomic E-state index is 11.3. The summed E-state index contributed by atoms with van der Waals surface area (Å²) in [5.41, 5.74) is 2.89. The molecule has 3 aromatic rings. The molecule has 0 aliphatic carbocycles. The van der Waals surface area contributed by atoms with E-state index < -0.39 is 10.8 Å². The molecule has 6 heteroatoms. The summed E-state index contributed by atoms with van der Waals surface area (Å²) in [6.45, 7) is 0.556. The first kappa shape index (κ1) is 18.1. The third-order valence-electron chi connectivity index (χ3n) is 3.63. The molecule has 1 aromatic heterocycles. The Balaban J connectivity index is 1.67. The number of benzene rings is 2. The van der Waals surface area contributed by atoms with E-state index in [1.54, 1.807) is 18.4 Å². The van der Waals surface area contributed by atoms with E-state index in [2.05, 4.69) is 5.32 Å². The smallest absolute Gasteiger partial charge is 0.134 e. The molecule has 1 atom stereocenters. The van der Waals surface area contributed by atoms with Gasteiger partial charge in [0.15, 0.2) is 0 Å². The lowest BCUT2D eigenvalue weighted by molar-refractivity contribution is 0.531. The molecule has 0 aliphatic rings. The van der Waals surface area contributed by atoms with Gasteiger partial charge >= 0.3 is 0 Å². The van der Waals surface area contributed by atoms with Crippen molar-refractivity contribution in [1.82, 2.24) is 0 Å². The van der Waals surface area contributed by atoms with Crippen molar-refractivity contribution in [3.8, 4) is 11.3 Å². The number of hydrogen-bond acceptors (Lipinski definition) is 3. The first-order chi connectivity index (χ1) is 12.0. The van der Waals surface area contributed by atoms with Crippen LogP contribution in [0.25, 0.3) is 11.3 Å². The molecule has 0 bridgehead atoms. The average molecular weight is 394 g/mol. The second kappa shape index (κ2) is 8.09. The van der Waals surface area contributed by atoms with Crippen LogP contribution in [0.15, 0.2) is 59.0 Å². The standard InChI is InChI=1S/C19H17Cl2NO2S/c1-25(23)12-13-3-2-4-15(9-13)22-11-16-6-8-19(24-16)14-5-7-17(20)18(21)10-14/h2-10,22H,11-12H2,1H3/t25-/m0/s1. The number of hydrogen-bond donors (Lipinski definition) is 1. The maximum atomic E-state index is 11.3. The molecule has 25 heavy (non-hydrogen) atoms. The molecule has 3 nitrogen and oxygen atoms in total. The minimum atomic E-state index is -0.853. The Bertz CT molecular complexity index is 908. The minimum Gasteiger partial charge on any atom is -0.459 e. The Labute approximate surface area is 159 Å². The molecule has 0 radical (unpaired) electrons. The van der Waals surface area contributed by atoms with Crippen LogP contribution in [0.2, 0.25) is 10.0 Å². The number of halogens is 2. The predicted octanol–water partition coefficient (Wildman–Crippen LogP) is 5.74.